The molecule has 0 bridgehead atoms. The highest BCUT2D eigenvalue weighted by molar-refractivity contribution is 6.16. The zero-order valence-electron chi connectivity index (χ0n) is 20.6. The normalized spacial score (nSPS) is 16.7. The molecule has 1 aliphatic heterocycles. The molecule has 2 unspecified atom stereocenters. The Morgan fingerprint density at radius 2 is 1.67 bits per heavy atom. The Labute approximate surface area is 222 Å². The van der Waals surface area contributed by atoms with Gasteiger partial charge in [-0.25, -0.2) is 27.7 Å². The lowest BCUT2D eigenvalue weighted by Crippen LogP contribution is -2.48. The van der Waals surface area contributed by atoms with Crippen LogP contribution in [-0.2, 0) is 22.6 Å². The fourth-order valence-electron chi connectivity index (χ4n) is 4.53. The number of anilines is 1. The predicted octanol–water partition coefficient (Wildman–Crippen LogP) is 4.27. The molecule has 3 aromatic carbocycles. The van der Waals surface area contributed by atoms with Gasteiger partial charge in [0.2, 0.25) is 0 Å². The third-order valence-corrected chi connectivity index (χ3v) is 6.42. The minimum absolute atomic E-state index is 0.0855. The van der Waals surface area contributed by atoms with E-state index in [1.807, 2.05) is 0 Å². The number of benzene rings is 3. The van der Waals surface area contributed by atoms with Crippen LogP contribution in [0, 0.1) is 23.4 Å². The first-order valence-electron chi connectivity index (χ1n) is 12.3. The summed E-state index contributed by atoms with van der Waals surface area (Å²) in [5, 5.41) is 7.09. The number of nitrogens with one attached hydrogen (secondary N) is 1. The van der Waals surface area contributed by atoms with E-state index < -0.39 is 29.5 Å². The van der Waals surface area contributed by atoms with E-state index >= 15 is 0 Å². The highest BCUT2D eigenvalue weighted by Gasteiger charge is 2.36. The second-order valence-electron chi connectivity index (χ2n) is 9.21. The number of rotatable bonds is 8. The lowest BCUT2D eigenvalue weighted by atomic mass is 9.96. The fraction of sp³-hybridized carbons (Fsp3) is 0.214. The average Bonchev–Trinajstić information content (AvgIpc) is 3.61. The highest BCUT2D eigenvalue weighted by atomic mass is 19.1. The molecule has 1 fully saturated rings. The van der Waals surface area contributed by atoms with Crippen molar-refractivity contribution in [2.24, 2.45) is 5.92 Å². The zero-order valence-corrected chi connectivity index (χ0v) is 20.6. The minimum atomic E-state index is -0.687. The maximum atomic E-state index is 14.2. The monoisotopic (exact) mass is 535 g/mol. The standard InChI is InChI=1S/C28H24F3N5O3/c29-20-3-7-23(8-4-20)39-24-9-5-22(6-10-24)36(27(37)15-35-17-32-16-34-35)28(38)26-12-18(14-33-26)11-19-1-2-21(30)13-25(19)31/h1-10,13,16-18,26,33H,11-12,14-15H2. The number of aromatic nitrogens is 3. The Balaban J connectivity index is 1.32. The maximum Gasteiger partial charge on any atom is 0.255 e. The van der Waals surface area contributed by atoms with Crippen molar-refractivity contribution in [3.63, 3.8) is 0 Å². The summed E-state index contributed by atoms with van der Waals surface area (Å²) in [6.07, 6.45) is 3.36. The molecular formula is C28H24F3N5O3. The number of imide groups is 1. The van der Waals surface area contributed by atoms with Crippen LogP contribution in [0.3, 0.4) is 0 Å². The lowest BCUT2D eigenvalue weighted by molar-refractivity contribution is -0.128. The van der Waals surface area contributed by atoms with Crippen LogP contribution in [0.25, 0.3) is 0 Å². The second kappa shape index (κ2) is 11.5. The van der Waals surface area contributed by atoms with Crippen molar-refractivity contribution in [3.05, 3.63) is 102 Å². The van der Waals surface area contributed by atoms with E-state index in [0.717, 1.165) is 11.0 Å². The molecular weight excluding hydrogens is 511 g/mol. The Bertz CT molecular complexity index is 1450. The van der Waals surface area contributed by atoms with Gasteiger partial charge in [-0.3, -0.25) is 9.59 Å². The van der Waals surface area contributed by atoms with Crippen LogP contribution in [0.15, 0.2) is 79.4 Å². The maximum absolute atomic E-state index is 14.2. The van der Waals surface area contributed by atoms with Gasteiger partial charge in [0.25, 0.3) is 11.8 Å². The molecule has 0 radical (unpaired) electrons. The largest absolute Gasteiger partial charge is 0.457 e. The van der Waals surface area contributed by atoms with Crippen molar-refractivity contribution >= 4 is 17.5 Å². The molecule has 1 N–H and O–H groups in total. The van der Waals surface area contributed by atoms with Crippen molar-refractivity contribution in [2.45, 2.75) is 25.4 Å². The summed E-state index contributed by atoms with van der Waals surface area (Å²) < 4.78 is 47.6. The molecule has 2 heterocycles. The summed E-state index contributed by atoms with van der Waals surface area (Å²) in [7, 11) is 0. The van der Waals surface area contributed by atoms with Crippen LogP contribution in [0.2, 0.25) is 0 Å². The van der Waals surface area contributed by atoms with Crippen LogP contribution in [0.1, 0.15) is 12.0 Å². The molecule has 1 aliphatic rings. The van der Waals surface area contributed by atoms with Gasteiger partial charge in [-0.15, -0.1) is 0 Å². The van der Waals surface area contributed by atoms with Gasteiger partial charge < -0.3 is 10.1 Å². The fourth-order valence-corrected chi connectivity index (χ4v) is 4.53. The first kappa shape index (κ1) is 26.1. The summed E-state index contributed by atoms with van der Waals surface area (Å²) in [6.45, 7) is 0.222. The van der Waals surface area contributed by atoms with Crippen molar-refractivity contribution in [3.8, 4) is 11.5 Å². The molecule has 4 aromatic rings. The molecule has 1 aromatic heterocycles. The Morgan fingerprint density at radius 1 is 0.974 bits per heavy atom. The first-order chi connectivity index (χ1) is 18.9. The van der Waals surface area contributed by atoms with Gasteiger partial charge >= 0.3 is 0 Å². The summed E-state index contributed by atoms with van der Waals surface area (Å²) in [4.78, 5) is 31.9. The molecule has 0 saturated carbocycles. The van der Waals surface area contributed by atoms with Crippen LogP contribution in [-0.4, -0.2) is 39.2 Å². The number of carbonyl (C=O) groups excluding carboxylic acids is 2. The predicted molar refractivity (Wildman–Crippen MR) is 135 cm³/mol. The summed E-state index contributed by atoms with van der Waals surface area (Å²) >= 11 is 0. The van der Waals surface area contributed by atoms with Crippen molar-refractivity contribution in [1.82, 2.24) is 20.1 Å². The van der Waals surface area contributed by atoms with Crippen molar-refractivity contribution in [2.75, 3.05) is 11.4 Å². The van der Waals surface area contributed by atoms with E-state index in [1.54, 1.807) is 24.3 Å². The number of carbonyl (C=O) groups is 2. The van der Waals surface area contributed by atoms with E-state index in [0.29, 0.717) is 42.1 Å². The van der Waals surface area contributed by atoms with Gasteiger partial charge in [-0.05, 0) is 85.5 Å². The van der Waals surface area contributed by atoms with Gasteiger partial charge in [0.1, 0.15) is 48.2 Å². The molecule has 39 heavy (non-hydrogen) atoms. The molecule has 0 aliphatic carbocycles. The quantitative estimate of drug-likeness (QED) is 0.363. The minimum Gasteiger partial charge on any atom is -0.457 e. The molecule has 200 valence electrons. The smallest absolute Gasteiger partial charge is 0.255 e. The summed E-state index contributed by atoms with van der Waals surface area (Å²) in [5.74, 6) is -1.87. The molecule has 2 atom stereocenters. The highest BCUT2D eigenvalue weighted by Crippen LogP contribution is 2.28. The SMILES string of the molecule is O=C(Cn1cncn1)N(C(=O)C1CC(Cc2ccc(F)cc2F)CN1)c1ccc(Oc2ccc(F)cc2)cc1. The topological polar surface area (TPSA) is 89.4 Å². The first-order valence-corrected chi connectivity index (χ1v) is 12.3. The number of hydrogen-bond donors (Lipinski definition) is 1. The molecule has 2 amide bonds. The van der Waals surface area contributed by atoms with Crippen molar-refractivity contribution in [1.29, 1.82) is 0 Å². The van der Waals surface area contributed by atoms with Crippen LogP contribution in [0.5, 0.6) is 11.5 Å². The van der Waals surface area contributed by atoms with Gasteiger partial charge in [0.15, 0.2) is 0 Å². The number of ether oxygens (including phenoxy) is 1. The molecule has 8 nitrogen and oxygen atoms in total. The molecule has 1 saturated heterocycles. The number of amides is 2. The van der Waals surface area contributed by atoms with Gasteiger partial charge in [-0.2, -0.15) is 5.10 Å². The number of halogens is 3. The Morgan fingerprint density at radius 3 is 2.33 bits per heavy atom. The number of nitrogens with zero attached hydrogens (tertiary/aromatic N) is 4. The molecule has 5 rings (SSSR count). The van der Waals surface area contributed by atoms with E-state index in [9.17, 15) is 22.8 Å². The second-order valence-corrected chi connectivity index (χ2v) is 9.21. The van der Waals surface area contributed by atoms with Crippen LogP contribution >= 0.6 is 0 Å². The van der Waals surface area contributed by atoms with Crippen molar-refractivity contribution < 1.29 is 27.5 Å². The van der Waals surface area contributed by atoms with Gasteiger partial charge in [0.05, 0.1) is 11.7 Å². The van der Waals surface area contributed by atoms with E-state index in [1.165, 1.54) is 53.7 Å². The van der Waals surface area contributed by atoms with Gasteiger partial charge in [0, 0.05) is 6.07 Å². The zero-order chi connectivity index (χ0) is 27.4. The number of hydrogen-bond acceptors (Lipinski definition) is 6. The van der Waals surface area contributed by atoms with E-state index in [2.05, 4.69) is 15.4 Å². The van der Waals surface area contributed by atoms with Crippen LogP contribution in [0.4, 0.5) is 18.9 Å². The van der Waals surface area contributed by atoms with Gasteiger partial charge in [-0.1, -0.05) is 6.07 Å². The molecule has 0 spiro atoms. The lowest BCUT2D eigenvalue weighted by Gasteiger charge is -2.24. The summed E-state index contributed by atoms with van der Waals surface area (Å²) in [6, 6.07) is 14.7. The summed E-state index contributed by atoms with van der Waals surface area (Å²) in [5.41, 5.74) is 0.693. The third-order valence-electron chi connectivity index (χ3n) is 6.42. The molecule has 11 heteroatoms. The van der Waals surface area contributed by atoms with Crippen LogP contribution < -0.4 is 15.0 Å². The van der Waals surface area contributed by atoms with E-state index in [-0.39, 0.29) is 18.3 Å². The Hall–Kier alpha value is -4.51. The third kappa shape index (κ3) is 6.32. The Kier molecular flexibility index (Phi) is 7.69. The van der Waals surface area contributed by atoms with E-state index in [4.69, 9.17) is 4.74 Å². The average molecular weight is 536 g/mol.